The third kappa shape index (κ3) is 8.29. The van der Waals surface area contributed by atoms with E-state index in [1.165, 1.54) is 12.1 Å². The number of benzene rings is 1. The highest BCUT2D eigenvalue weighted by Gasteiger charge is 2.26. The Morgan fingerprint density at radius 1 is 1.03 bits per heavy atom. The second-order valence-electron chi connectivity index (χ2n) is 7.06. The number of rotatable bonds is 11. The summed E-state index contributed by atoms with van der Waals surface area (Å²) >= 11 is 3.85. The van der Waals surface area contributed by atoms with Gasteiger partial charge in [-0.1, -0.05) is 26.0 Å². The Kier molecular flexibility index (Phi) is 10.1. The molecule has 0 aliphatic rings. The minimum Gasteiger partial charge on any atom is -0.508 e. The lowest BCUT2D eigenvalue weighted by atomic mass is 10.0. The third-order valence-corrected chi connectivity index (χ3v) is 4.63. The monoisotopic (exact) mass is 440 g/mol. The summed E-state index contributed by atoms with van der Waals surface area (Å²) in [5.41, 5.74) is 6.50. The number of hydrogen-bond acceptors (Lipinski definition) is 7. The van der Waals surface area contributed by atoms with Gasteiger partial charge < -0.3 is 31.9 Å². The molecule has 3 atom stereocenters. The average Bonchev–Trinajstić information content (AvgIpc) is 2.70. The zero-order valence-corrected chi connectivity index (χ0v) is 17.7. The van der Waals surface area contributed by atoms with Gasteiger partial charge >= 0.3 is 5.97 Å². The van der Waals surface area contributed by atoms with Crippen molar-refractivity contribution in [3.8, 4) is 5.75 Å². The van der Waals surface area contributed by atoms with Gasteiger partial charge in [0.2, 0.25) is 17.7 Å². The van der Waals surface area contributed by atoms with E-state index in [0.717, 1.165) is 0 Å². The van der Waals surface area contributed by atoms with Gasteiger partial charge in [0, 0.05) is 12.2 Å². The normalized spacial score (nSPS) is 13.8. The molecule has 0 saturated heterocycles. The Morgan fingerprint density at radius 2 is 1.63 bits per heavy atom. The van der Waals surface area contributed by atoms with Gasteiger partial charge in [0.15, 0.2) is 0 Å². The van der Waals surface area contributed by atoms with Gasteiger partial charge in [-0.15, -0.1) is 0 Å². The minimum absolute atomic E-state index is 0.0551. The third-order valence-electron chi connectivity index (χ3n) is 4.27. The molecule has 0 aliphatic carbocycles. The Morgan fingerprint density at radius 3 is 2.13 bits per heavy atom. The lowest BCUT2D eigenvalue weighted by Crippen LogP contribution is -2.55. The molecule has 0 radical (unpaired) electrons. The van der Waals surface area contributed by atoms with E-state index in [1.807, 2.05) is 0 Å². The van der Waals surface area contributed by atoms with E-state index in [1.54, 1.807) is 26.0 Å². The molecule has 1 aromatic rings. The average molecular weight is 441 g/mol. The predicted octanol–water partition coefficient (Wildman–Crippen LogP) is -0.982. The van der Waals surface area contributed by atoms with Crippen LogP contribution in [0.5, 0.6) is 5.75 Å². The molecule has 1 rings (SSSR count). The molecule has 30 heavy (non-hydrogen) atoms. The number of amides is 3. The molecule has 0 heterocycles. The highest BCUT2D eigenvalue weighted by Crippen LogP contribution is 2.12. The van der Waals surface area contributed by atoms with Crippen LogP contribution in [0.25, 0.3) is 0 Å². The van der Waals surface area contributed by atoms with Crippen molar-refractivity contribution < 1.29 is 29.4 Å². The van der Waals surface area contributed by atoms with Gasteiger partial charge in [-0.2, -0.15) is 12.6 Å². The predicted molar refractivity (Wildman–Crippen MR) is 113 cm³/mol. The van der Waals surface area contributed by atoms with Gasteiger partial charge in [0.05, 0.1) is 12.6 Å². The van der Waals surface area contributed by atoms with Crippen LogP contribution in [0.2, 0.25) is 0 Å². The summed E-state index contributed by atoms with van der Waals surface area (Å²) in [5, 5.41) is 25.5. The number of phenols is 1. The van der Waals surface area contributed by atoms with Gasteiger partial charge in [0.1, 0.15) is 17.8 Å². The molecule has 3 amide bonds. The van der Waals surface area contributed by atoms with E-state index in [0.29, 0.717) is 5.56 Å². The van der Waals surface area contributed by atoms with E-state index < -0.39 is 48.4 Å². The van der Waals surface area contributed by atoms with Crippen LogP contribution < -0.4 is 21.7 Å². The highest BCUT2D eigenvalue weighted by atomic mass is 32.1. The number of carbonyl (C=O) groups is 4. The smallest absolute Gasteiger partial charge is 0.327 e. The Hall–Kier alpha value is -2.79. The number of aliphatic carboxylic acids is 1. The summed E-state index contributed by atoms with van der Waals surface area (Å²) in [7, 11) is 0. The fourth-order valence-electron chi connectivity index (χ4n) is 2.37. The number of nitrogens with two attached hydrogens (primary N) is 1. The van der Waals surface area contributed by atoms with Crippen molar-refractivity contribution in [1.82, 2.24) is 16.0 Å². The van der Waals surface area contributed by atoms with Crippen molar-refractivity contribution in [2.75, 3.05) is 12.3 Å². The largest absolute Gasteiger partial charge is 0.508 e. The van der Waals surface area contributed by atoms with Crippen molar-refractivity contribution in [3.05, 3.63) is 29.8 Å². The number of carbonyl (C=O) groups excluding carboxylic acids is 3. The Balaban J connectivity index is 2.82. The number of hydrogen-bond donors (Lipinski definition) is 7. The molecule has 10 nitrogen and oxygen atoms in total. The van der Waals surface area contributed by atoms with Crippen LogP contribution in [-0.4, -0.2) is 64.3 Å². The first-order valence-corrected chi connectivity index (χ1v) is 9.93. The standard InChI is InChI=1S/C19H28N4O6S/c1-10(2)16(20)18(27)23-13(7-11-3-5-12(24)6-4-11)17(26)21-8-15(25)22-14(9-30)19(28)29/h3-6,10,13-14,16,24,30H,7-9,20H2,1-2H3,(H,21,26)(H,22,25)(H,23,27)(H,28,29). The Bertz CT molecular complexity index is 756. The number of phenolic OH excluding ortho intramolecular Hbond substituents is 1. The first-order valence-electron chi connectivity index (χ1n) is 9.29. The lowest BCUT2D eigenvalue weighted by Gasteiger charge is -2.22. The fraction of sp³-hybridized carbons (Fsp3) is 0.474. The van der Waals surface area contributed by atoms with Gasteiger partial charge in [-0.25, -0.2) is 4.79 Å². The fourth-order valence-corrected chi connectivity index (χ4v) is 2.62. The van der Waals surface area contributed by atoms with Crippen molar-refractivity contribution in [3.63, 3.8) is 0 Å². The maximum Gasteiger partial charge on any atom is 0.327 e. The first-order chi connectivity index (χ1) is 14.0. The molecule has 3 unspecified atom stereocenters. The zero-order valence-electron chi connectivity index (χ0n) is 16.8. The van der Waals surface area contributed by atoms with Crippen molar-refractivity contribution in [1.29, 1.82) is 0 Å². The second kappa shape index (κ2) is 12.0. The molecule has 0 aromatic heterocycles. The van der Waals surface area contributed by atoms with Crippen molar-refractivity contribution in [2.45, 2.75) is 38.4 Å². The van der Waals surface area contributed by atoms with Crippen LogP contribution in [0.1, 0.15) is 19.4 Å². The molecule has 11 heteroatoms. The number of carboxylic acids is 1. The summed E-state index contributed by atoms with van der Waals surface area (Å²) in [4.78, 5) is 47.8. The highest BCUT2D eigenvalue weighted by molar-refractivity contribution is 7.80. The summed E-state index contributed by atoms with van der Waals surface area (Å²) in [6.07, 6.45) is 0.0959. The van der Waals surface area contributed by atoms with Crippen LogP contribution >= 0.6 is 12.6 Å². The molecule has 0 bridgehead atoms. The number of thiol groups is 1. The first kappa shape index (κ1) is 25.2. The van der Waals surface area contributed by atoms with Crippen molar-refractivity contribution >= 4 is 36.3 Å². The molecular weight excluding hydrogens is 412 g/mol. The molecule has 0 spiro atoms. The van der Waals surface area contributed by atoms with Gasteiger partial charge in [0.25, 0.3) is 0 Å². The van der Waals surface area contributed by atoms with Crippen LogP contribution in [-0.2, 0) is 25.6 Å². The minimum atomic E-state index is -1.25. The van der Waals surface area contributed by atoms with Gasteiger partial charge in [-0.05, 0) is 23.6 Å². The van der Waals surface area contributed by atoms with E-state index in [-0.39, 0.29) is 23.8 Å². The summed E-state index contributed by atoms with van der Waals surface area (Å²) in [6, 6.07) is 3.05. The van der Waals surface area contributed by atoms with E-state index in [4.69, 9.17) is 10.8 Å². The van der Waals surface area contributed by atoms with Crippen LogP contribution in [0.4, 0.5) is 0 Å². The lowest BCUT2D eigenvalue weighted by molar-refractivity contribution is -0.141. The molecule has 7 N–H and O–H groups in total. The topological polar surface area (TPSA) is 171 Å². The maximum absolute atomic E-state index is 12.6. The summed E-state index contributed by atoms with van der Waals surface area (Å²) in [6.45, 7) is 3.06. The maximum atomic E-state index is 12.6. The molecule has 0 saturated carbocycles. The van der Waals surface area contributed by atoms with E-state index in [2.05, 4.69) is 28.6 Å². The molecule has 1 aromatic carbocycles. The SMILES string of the molecule is CC(C)C(N)C(=O)NC(Cc1ccc(O)cc1)C(=O)NCC(=O)NC(CS)C(=O)O. The van der Waals surface area contributed by atoms with E-state index >= 15 is 0 Å². The Labute approximate surface area is 180 Å². The van der Waals surface area contributed by atoms with Crippen LogP contribution in [0.3, 0.4) is 0 Å². The molecule has 0 aliphatic heterocycles. The summed E-state index contributed by atoms with van der Waals surface area (Å²) < 4.78 is 0. The van der Waals surface area contributed by atoms with Gasteiger partial charge in [-0.3, -0.25) is 14.4 Å². The zero-order chi connectivity index (χ0) is 22.8. The van der Waals surface area contributed by atoms with Crippen LogP contribution in [0.15, 0.2) is 24.3 Å². The summed E-state index contributed by atoms with van der Waals surface area (Å²) in [5.74, 6) is -3.32. The van der Waals surface area contributed by atoms with Crippen molar-refractivity contribution in [2.24, 2.45) is 11.7 Å². The molecule has 166 valence electrons. The number of aromatic hydroxyl groups is 1. The van der Waals surface area contributed by atoms with Crippen LogP contribution in [0, 0.1) is 5.92 Å². The quantitative estimate of drug-likeness (QED) is 0.217. The molecule has 0 fully saturated rings. The molecular formula is C19H28N4O6S. The van der Waals surface area contributed by atoms with E-state index in [9.17, 15) is 24.3 Å². The second-order valence-corrected chi connectivity index (χ2v) is 7.43. The number of nitrogens with one attached hydrogen (secondary N) is 3. The number of carboxylic acid groups (broad SMARTS) is 1.